The molecule has 1 rings (SSSR count). The van der Waals surface area contributed by atoms with Crippen LogP contribution >= 0.6 is 15.9 Å². The van der Waals surface area contributed by atoms with Crippen molar-refractivity contribution in [2.45, 2.75) is 0 Å². The van der Waals surface area contributed by atoms with Gasteiger partial charge in [0, 0.05) is 10.7 Å². The third kappa shape index (κ3) is 2.02. The van der Waals surface area contributed by atoms with Crippen molar-refractivity contribution in [3.05, 3.63) is 40.0 Å². The molecule has 0 radical (unpaired) electrons. The van der Waals surface area contributed by atoms with E-state index in [4.69, 9.17) is 0 Å². The molecule has 1 nitrogen and oxygen atoms in total. The van der Waals surface area contributed by atoms with Crippen LogP contribution in [0.3, 0.4) is 0 Å². The molecule has 0 aliphatic carbocycles. The number of allylic oxidation sites excluding steroid dienone is 1. The fraction of sp³-hybridized carbons (Fsp3) is 0. The first kappa shape index (κ1) is 8.21. The molecule has 0 aliphatic rings. The molecule has 11 heavy (non-hydrogen) atoms. The van der Waals surface area contributed by atoms with Gasteiger partial charge in [-0.1, -0.05) is 19.2 Å². The Morgan fingerprint density at radius 1 is 1.55 bits per heavy atom. The van der Waals surface area contributed by atoms with Gasteiger partial charge in [0.05, 0.1) is 5.35 Å². The summed E-state index contributed by atoms with van der Waals surface area (Å²) in [5.41, 5.74) is 0. The van der Waals surface area contributed by atoms with Crippen LogP contribution in [0.5, 0.6) is 0 Å². The van der Waals surface area contributed by atoms with E-state index in [2.05, 4.69) is 34.1 Å². The second-order valence-corrected chi connectivity index (χ2v) is 3.02. The highest BCUT2D eigenvalue weighted by atomic mass is 79.9. The zero-order chi connectivity index (χ0) is 8.27. The normalized spacial score (nSPS) is 11.5. The molecule has 0 spiro atoms. The van der Waals surface area contributed by atoms with Crippen LogP contribution in [-0.4, -0.2) is 4.98 Å². The van der Waals surface area contributed by atoms with Crippen LogP contribution in [0, 0.1) is 0 Å². The van der Waals surface area contributed by atoms with Crippen LogP contribution in [0.25, 0.3) is 12.7 Å². The minimum absolute atomic E-state index is 0.864. The molecule has 0 fully saturated rings. The van der Waals surface area contributed by atoms with Crippen LogP contribution in [-0.2, 0) is 0 Å². The molecule has 1 aromatic heterocycles. The monoisotopic (exact) mass is 209 g/mol. The fourth-order valence-corrected chi connectivity index (χ4v) is 1.13. The Morgan fingerprint density at radius 3 is 2.82 bits per heavy atom. The van der Waals surface area contributed by atoms with E-state index in [0.717, 1.165) is 15.0 Å². The van der Waals surface area contributed by atoms with Gasteiger partial charge >= 0.3 is 0 Å². The van der Waals surface area contributed by atoms with Crippen LogP contribution in [0.4, 0.5) is 0 Å². The van der Waals surface area contributed by atoms with E-state index in [1.165, 1.54) is 0 Å². The van der Waals surface area contributed by atoms with Crippen molar-refractivity contribution in [1.29, 1.82) is 0 Å². The molecule has 0 aliphatic heterocycles. The van der Waals surface area contributed by atoms with Gasteiger partial charge in [0.15, 0.2) is 0 Å². The molecule has 0 bridgehead atoms. The topological polar surface area (TPSA) is 12.9 Å². The Bertz CT molecular complexity index is 368. The quantitative estimate of drug-likeness (QED) is 0.679. The van der Waals surface area contributed by atoms with Crippen LogP contribution in [0.1, 0.15) is 0 Å². The standard InChI is InChI=1S/C9H8BrN/c1-3-4-9-7(2)5-8(10)6-11-9/h3-6H,1-2H2/b9-4+. The van der Waals surface area contributed by atoms with Crippen LogP contribution < -0.4 is 10.6 Å². The van der Waals surface area contributed by atoms with Gasteiger partial charge in [-0.2, -0.15) is 0 Å². The lowest BCUT2D eigenvalue weighted by molar-refractivity contribution is 1.21. The zero-order valence-corrected chi connectivity index (χ0v) is 7.63. The van der Waals surface area contributed by atoms with Gasteiger partial charge in [-0.05, 0) is 33.3 Å². The molecule has 2 heteroatoms. The van der Waals surface area contributed by atoms with Crippen molar-refractivity contribution in [2.24, 2.45) is 0 Å². The number of aromatic nitrogens is 1. The van der Waals surface area contributed by atoms with Gasteiger partial charge in [0.1, 0.15) is 0 Å². The maximum atomic E-state index is 4.13. The summed E-state index contributed by atoms with van der Waals surface area (Å²) in [6.07, 6.45) is 5.27. The van der Waals surface area contributed by atoms with Gasteiger partial charge in [0.2, 0.25) is 0 Å². The number of nitrogens with zero attached hydrogens (tertiary/aromatic N) is 1. The first-order valence-corrected chi connectivity index (χ1v) is 3.96. The van der Waals surface area contributed by atoms with Crippen molar-refractivity contribution in [3.8, 4) is 0 Å². The first-order valence-electron chi connectivity index (χ1n) is 3.17. The van der Waals surface area contributed by atoms with Crippen molar-refractivity contribution in [1.82, 2.24) is 4.98 Å². The summed E-state index contributed by atoms with van der Waals surface area (Å²) >= 11 is 3.31. The fourth-order valence-electron chi connectivity index (χ4n) is 0.753. The van der Waals surface area contributed by atoms with Crippen molar-refractivity contribution in [2.75, 3.05) is 0 Å². The second-order valence-electron chi connectivity index (χ2n) is 2.10. The minimum Gasteiger partial charge on any atom is -0.255 e. The minimum atomic E-state index is 0.864. The third-order valence-electron chi connectivity index (χ3n) is 1.24. The summed E-state index contributed by atoms with van der Waals surface area (Å²) in [6.45, 7) is 7.41. The number of rotatable bonds is 1. The Balaban J connectivity index is 3.43. The van der Waals surface area contributed by atoms with Gasteiger partial charge in [-0.15, -0.1) is 0 Å². The predicted octanol–water partition coefficient (Wildman–Crippen LogP) is 1.22. The average Bonchev–Trinajstić information content (AvgIpc) is 1.95. The predicted molar refractivity (Wildman–Crippen MR) is 51.4 cm³/mol. The van der Waals surface area contributed by atoms with Crippen molar-refractivity contribution < 1.29 is 0 Å². The van der Waals surface area contributed by atoms with E-state index < -0.39 is 0 Å². The second kappa shape index (κ2) is 3.49. The van der Waals surface area contributed by atoms with Crippen molar-refractivity contribution >= 4 is 28.6 Å². The van der Waals surface area contributed by atoms with Crippen LogP contribution in [0.15, 0.2) is 29.4 Å². The van der Waals surface area contributed by atoms with E-state index >= 15 is 0 Å². The number of pyridine rings is 1. The number of hydrogen-bond acceptors (Lipinski definition) is 1. The highest BCUT2D eigenvalue weighted by molar-refractivity contribution is 9.10. The smallest absolute Gasteiger partial charge is 0.0696 e. The molecular formula is C9H8BrN. The van der Waals surface area contributed by atoms with E-state index in [1.54, 1.807) is 12.3 Å². The third-order valence-corrected chi connectivity index (χ3v) is 1.68. The molecule has 1 heterocycles. The molecule has 56 valence electrons. The Morgan fingerprint density at radius 2 is 2.27 bits per heavy atom. The van der Waals surface area contributed by atoms with Gasteiger partial charge in [0.25, 0.3) is 0 Å². The highest BCUT2D eigenvalue weighted by Gasteiger charge is 1.85. The Kier molecular flexibility index (Phi) is 2.60. The van der Waals surface area contributed by atoms with E-state index in [9.17, 15) is 0 Å². The maximum Gasteiger partial charge on any atom is 0.0696 e. The largest absolute Gasteiger partial charge is 0.255 e. The lowest BCUT2D eigenvalue weighted by atomic mass is 10.3. The Labute approximate surface area is 73.9 Å². The van der Waals surface area contributed by atoms with Crippen LogP contribution in [0.2, 0.25) is 0 Å². The molecular weight excluding hydrogens is 202 g/mol. The lowest BCUT2D eigenvalue weighted by Crippen LogP contribution is -2.25. The Hall–Kier alpha value is -0.890. The maximum absolute atomic E-state index is 4.13. The zero-order valence-electron chi connectivity index (χ0n) is 6.05. The molecule has 0 aromatic carbocycles. The van der Waals surface area contributed by atoms with Gasteiger partial charge < -0.3 is 0 Å². The van der Waals surface area contributed by atoms with Gasteiger partial charge in [-0.3, -0.25) is 4.98 Å². The molecule has 0 unspecified atom stereocenters. The summed E-state index contributed by atoms with van der Waals surface area (Å²) < 4.78 is 0.948. The average molecular weight is 210 g/mol. The van der Waals surface area contributed by atoms with Gasteiger partial charge in [-0.25, -0.2) is 0 Å². The number of hydrogen-bond donors (Lipinski definition) is 0. The lowest BCUT2D eigenvalue weighted by Gasteiger charge is -1.88. The van der Waals surface area contributed by atoms with E-state index in [-0.39, 0.29) is 0 Å². The van der Waals surface area contributed by atoms with Crippen molar-refractivity contribution in [3.63, 3.8) is 0 Å². The SMILES string of the molecule is C=C/C=c1/ncc(Br)cc1=C. The molecule has 0 saturated heterocycles. The summed E-state index contributed by atoms with van der Waals surface area (Å²) in [5, 5.41) is 1.77. The summed E-state index contributed by atoms with van der Waals surface area (Å²) in [4.78, 5) is 4.13. The molecule has 0 N–H and O–H groups in total. The first-order chi connectivity index (χ1) is 5.24. The molecule has 1 aromatic rings. The number of halogens is 1. The van der Waals surface area contributed by atoms with E-state index in [1.807, 2.05) is 12.1 Å². The molecule has 0 atom stereocenters. The van der Waals surface area contributed by atoms with E-state index in [0.29, 0.717) is 0 Å². The molecule has 0 saturated carbocycles. The molecule has 0 amide bonds. The summed E-state index contributed by atoms with van der Waals surface area (Å²) in [6, 6.07) is 1.92. The summed E-state index contributed by atoms with van der Waals surface area (Å²) in [7, 11) is 0. The highest BCUT2D eigenvalue weighted by Crippen LogP contribution is 1.99. The summed E-state index contributed by atoms with van der Waals surface area (Å²) in [5.74, 6) is 0.